The minimum Gasteiger partial charge on any atom is -0.506 e. The third-order valence-corrected chi connectivity index (χ3v) is 12.2. The van der Waals surface area contributed by atoms with Crippen LogP contribution in [0.1, 0.15) is 69.2 Å². The van der Waals surface area contributed by atoms with Gasteiger partial charge >= 0.3 is 6.18 Å². The summed E-state index contributed by atoms with van der Waals surface area (Å²) in [6.07, 6.45) is -1.52. The van der Waals surface area contributed by atoms with Gasteiger partial charge in [0.2, 0.25) is 0 Å². The predicted octanol–water partition coefficient (Wildman–Crippen LogP) is 11.0. The molecule has 13 nitrogen and oxygen atoms in total. The molecule has 8 aromatic rings. The highest BCUT2D eigenvalue weighted by molar-refractivity contribution is 6.33. The quantitative estimate of drug-likeness (QED) is 0.0319. The van der Waals surface area contributed by atoms with Crippen LogP contribution < -0.4 is 21.5 Å². The summed E-state index contributed by atoms with van der Waals surface area (Å²) in [4.78, 5) is 50.6. The molecule has 0 saturated heterocycles. The second kappa shape index (κ2) is 24.6. The molecule has 0 fully saturated rings. The Morgan fingerprint density at radius 1 is 0.573 bits per heavy atom. The summed E-state index contributed by atoms with van der Waals surface area (Å²) in [6.45, 7) is -0.462. The van der Waals surface area contributed by atoms with Crippen LogP contribution in [0.2, 0.25) is 15.1 Å². The van der Waals surface area contributed by atoms with Gasteiger partial charge in [0.25, 0.3) is 23.6 Å². The molecule has 20 heteroatoms. The van der Waals surface area contributed by atoms with Gasteiger partial charge in [-0.3, -0.25) is 19.2 Å². The number of hydrazone groups is 2. The molecule has 0 spiro atoms. The number of hydrogen-bond donors (Lipinski definition) is 7. The Morgan fingerprint density at radius 3 is 1.53 bits per heavy atom. The molecule has 0 radical (unpaired) electrons. The molecule has 8 rings (SSSR count). The number of carbonyl (C=O) groups excluding carboxylic acids is 4. The van der Waals surface area contributed by atoms with Crippen LogP contribution in [0.25, 0.3) is 21.5 Å². The maximum atomic E-state index is 13.5. The largest absolute Gasteiger partial charge is 0.506 e. The van der Waals surface area contributed by atoms with Gasteiger partial charge in [0.15, 0.2) is 0 Å². The molecule has 0 saturated carbocycles. The first-order valence-corrected chi connectivity index (χ1v) is 23.5. The summed E-state index contributed by atoms with van der Waals surface area (Å²) in [6, 6.07) is 38.1. The highest BCUT2D eigenvalue weighted by atomic mass is 35.5. The lowest BCUT2D eigenvalue weighted by Crippen LogP contribution is -2.39. The first kappa shape index (κ1) is 54.4. The summed E-state index contributed by atoms with van der Waals surface area (Å²) in [7, 11) is 0. The van der Waals surface area contributed by atoms with Crippen LogP contribution in [0, 0.1) is 5.82 Å². The van der Waals surface area contributed by atoms with Gasteiger partial charge in [-0.2, -0.15) is 23.4 Å². The van der Waals surface area contributed by atoms with E-state index in [0.717, 1.165) is 10.9 Å². The highest BCUT2D eigenvalue weighted by Crippen LogP contribution is 2.32. The molecule has 0 heterocycles. The topological polar surface area (TPSA) is 202 Å². The van der Waals surface area contributed by atoms with E-state index in [-0.39, 0.29) is 62.9 Å². The molecular formula is C55H41Cl3F4N6O7. The smallest absolute Gasteiger partial charge is 0.419 e. The predicted molar refractivity (Wildman–Crippen MR) is 280 cm³/mol. The number of carbonyl (C=O) groups is 4. The number of nitrogens with one attached hydrogen (secondary N) is 4. The lowest BCUT2D eigenvalue weighted by atomic mass is 9.99. The SMILES string of the molecule is O=C(N/N=C/c1ccc(C(=O)NC(CO)Cc2ccc(Cl)cc2)c2ccccc12)c1ccc(O)c(Cl)c1.O=C(N/N=C/c1ccc(C(=O)NCc2ccc(F)c(C(F)(F)F)c2)c2ccccc12)c1ccc(O)c(Cl)c1. The second-order valence-corrected chi connectivity index (χ2v) is 17.7. The molecule has 0 bridgehead atoms. The Kier molecular flexibility index (Phi) is 17.8. The van der Waals surface area contributed by atoms with Gasteiger partial charge in [-0.05, 0) is 112 Å². The molecule has 75 heavy (non-hydrogen) atoms. The first-order valence-electron chi connectivity index (χ1n) is 22.4. The first-order chi connectivity index (χ1) is 35.9. The fraction of sp³-hybridized carbons (Fsp3) is 0.0909. The van der Waals surface area contributed by atoms with E-state index < -0.39 is 41.3 Å². The number of fused-ring (bicyclic) bond motifs is 2. The van der Waals surface area contributed by atoms with E-state index >= 15 is 0 Å². The average molecular weight is 1080 g/mol. The number of rotatable bonds is 14. The van der Waals surface area contributed by atoms with Crippen molar-refractivity contribution >= 4 is 92.4 Å². The molecule has 0 aliphatic rings. The van der Waals surface area contributed by atoms with E-state index in [1.807, 2.05) is 36.4 Å². The van der Waals surface area contributed by atoms with Gasteiger partial charge < -0.3 is 26.0 Å². The number of aromatic hydroxyl groups is 2. The Morgan fingerprint density at radius 2 is 1.05 bits per heavy atom. The fourth-order valence-corrected chi connectivity index (χ4v) is 8.01. The van der Waals surface area contributed by atoms with E-state index in [9.17, 15) is 52.1 Å². The van der Waals surface area contributed by atoms with Crippen LogP contribution in [0.5, 0.6) is 11.5 Å². The molecule has 8 aromatic carbocycles. The molecule has 382 valence electrons. The van der Waals surface area contributed by atoms with Crippen molar-refractivity contribution in [2.24, 2.45) is 10.2 Å². The van der Waals surface area contributed by atoms with Gasteiger partial charge in [-0.15, -0.1) is 0 Å². The van der Waals surface area contributed by atoms with Crippen molar-refractivity contribution in [3.8, 4) is 11.5 Å². The second-order valence-electron chi connectivity index (χ2n) is 16.4. The number of phenolic OH excluding ortho intramolecular Hbond substituents is 2. The van der Waals surface area contributed by atoms with Gasteiger partial charge in [-0.1, -0.05) is 114 Å². The number of alkyl halides is 3. The lowest BCUT2D eigenvalue weighted by Gasteiger charge is -2.17. The normalized spacial score (nSPS) is 11.8. The average Bonchev–Trinajstić information content (AvgIpc) is 3.40. The van der Waals surface area contributed by atoms with Crippen LogP contribution in [0.15, 0.2) is 162 Å². The summed E-state index contributed by atoms with van der Waals surface area (Å²) >= 11 is 17.6. The number of amides is 4. The molecule has 0 aliphatic carbocycles. The third-order valence-electron chi connectivity index (χ3n) is 11.3. The van der Waals surface area contributed by atoms with Gasteiger partial charge in [0, 0.05) is 44.9 Å². The summed E-state index contributed by atoms with van der Waals surface area (Å²) in [5.41, 5.74) is 6.83. The molecule has 0 aliphatic heterocycles. The minimum absolute atomic E-state index is 0.0155. The van der Waals surface area contributed by atoms with Crippen LogP contribution in [0.3, 0.4) is 0 Å². The van der Waals surface area contributed by atoms with Crippen molar-refractivity contribution in [1.29, 1.82) is 0 Å². The maximum absolute atomic E-state index is 13.5. The van der Waals surface area contributed by atoms with Crippen molar-refractivity contribution in [2.45, 2.75) is 25.2 Å². The van der Waals surface area contributed by atoms with Crippen LogP contribution in [-0.2, 0) is 19.1 Å². The van der Waals surface area contributed by atoms with Gasteiger partial charge in [0.05, 0.1) is 40.7 Å². The zero-order valence-electron chi connectivity index (χ0n) is 38.8. The van der Waals surface area contributed by atoms with Crippen LogP contribution in [-0.4, -0.2) is 64.0 Å². The monoisotopic (exact) mass is 1080 g/mol. The molecule has 0 aromatic heterocycles. The summed E-state index contributed by atoms with van der Waals surface area (Å²) in [5.74, 6) is -3.57. The van der Waals surface area contributed by atoms with Crippen molar-refractivity contribution in [3.63, 3.8) is 0 Å². The zero-order valence-corrected chi connectivity index (χ0v) is 41.1. The highest BCUT2D eigenvalue weighted by Gasteiger charge is 2.34. The number of aliphatic hydroxyl groups is 1. The lowest BCUT2D eigenvalue weighted by molar-refractivity contribution is -0.140. The Balaban J connectivity index is 0.000000219. The van der Waals surface area contributed by atoms with E-state index in [1.54, 1.807) is 54.6 Å². The van der Waals surface area contributed by atoms with E-state index in [0.29, 0.717) is 56.4 Å². The summed E-state index contributed by atoms with van der Waals surface area (Å²) in [5, 5.41) is 45.6. The number of benzene rings is 8. The number of aliphatic hydroxyl groups excluding tert-OH is 1. The van der Waals surface area contributed by atoms with E-state index in [2.05, 4.69) is 31.7 Å². The van der Waals surface area contributed by atoms with Crippen molar-refractivity contribution in [1.82, 2.24) is 21.5 Å². The summed E-state index contributed by atoms with van der Waals surface area (Å²) < 4.78 is 52.5. The Bertz CT molecular complexity index is 3510. The van der Waals surface area contributed by atoms with E-state index in [4.69, 9.17) is 34.8 Å². The number of phenols is 2. The molecule has 1 atom stereocenters. The molecule has 1 unspecified atom stereocenters. The minimum atomic E-state index is -4.85. The molecule has 7 N–H and O–H groups in total. The van der Waals surface area contributed by atoms with Gasteiger partial charge in [0.1, 0.15) is 17.3 Å². The third kappa shape index (κ3) is 14.0. The zero-order chi connectivity index (χ0) is 53.8. The Labute approximate surface area is 440 Å². The number of nitrogens with zero attached hydrogens (tertiary/aromatic N) is 2. The van der Waals surface area contributed by atoms with E-state index in [1.165, 1.54) is 61.0 Å². The van der Waals surface area contributed by atoms with Crippen LogP contribution >= 0.6 is 34.8 Å². The maximum Gasteiger partial charge on any atom is 0.419 e. The van der Waals surface area contributed by atoms with Crippen molar-refractivity contribution in [2.75, 3.05) is 6.61 Å². The number of halogens is 7. The molecular weight excluding hydrogens is 1040 g/mol. The Hall–Kier alpha value is -8.35. The fourth-order valence-electron chi connectivity index (χ4n) is 7.52. The van der Waals surface area contributed by atoms with Gasteiger partial charge in [-0.25, -0.2) is 15.2 Å². The molecule has 4 amide bonds. The standard InChI is InChI=1S/C28H23Cl2N3O4.C27H18ClF4N3O3/c29-20-9-5-17(6-10-20)13-21(16-34)32-28(37)24-11-7-19(22-3-1-2-4-23(22)24)15-31-33-27(36)18-8-12-26(35)25(30)14-18;28-22-12-16(7-10-24(22)36)25(37)35-34-14-17-6-8-20(19-4-2-1-3-18(17)19)26(38)33-13-15-5-9-23(29)21(11-15)27(30,31)32/h1-12,14-15,21,34-35H,13,16H2,(H,32,37)(H,33,36);1-12,14,36H,13H2,(H,33,38)(H,35,37)/b31-15+;34-14+. The van der Waals surface area contributed by atoms with Crippen molar-refractivity contribution in [3.05, 3.63) is 223 Å². The number of hydrogen-bond acceptors (Lipinski definition) is 9. The van der Waals surface area contributed by atoms with Crippen LogP contribution in [0.4, 0.5) is 17.6 Å². The van der Waals surface area contributed by atoms with Crippen molar-refractivity contribution < 1.29 is 52.1 Å².